The maximum atomic E-state index is 13.0. The summed E-state index contributed by atoms with van der Waals surface area (Å²) in [5, 5.41) is 4.42. The molecule has 5 rings (SSSR count). The molecule has 0 bridgehead atoms. The third-order valence-corrected chi connectivity index (χ3v) is 6.78. The van der Waals surface area contributed by atoms with Crippen molar-refractivity contribution in [2.75, 3.05) is 21.3 Å². The first kappa shape index (κ1) is 24.3. The highest BCUT2D eigenvalue weighted by Crippen LogP contribution is 2.31. The molecule has 8 nitrogen and oxygen atoms in total. The molecule has 0 aliphatic heterocycles. The zero-order valence-corrected chi connectivity index (χ0v) is 21.7. The monoisotopic (exact) mass is 515 g/mol. The van der Waals surface area contributed by atoms with Crippen molar-refractivity contribution in [3.05, 3.63) is 92.2 Å². The Labute approximate surface area is 217 Å². The minimum Gasteiger partial charge on any atom is -0.493 e. The van der Waals surface area contributed by atoms with Gasteiger partial charge < -0.3 is 18.9 Å². The lowest BCUT2D eigenvalue weighted by Gasteiger charge is -2.11. The van der Waals surface area contributed by atoms with E-state index in [1.54, 1.807) is 39.5 Å². The Morgan fingerprint density at radius 1 is 0.865 bits per heavy atom. The van der Waals surface area contributed by atoms with Crippen molar-refractivity contribution >= 4 is 22.4 Å². The van der Waals surface area contributed by atoms with E-state index in [2.05, 4.69) is 29.1 Å². The minimum absolute atomic E-state index is 0.238. The molecule has 0 unspecified atom stereocenters. The molecule has 0 atom stereocenters. The van der Waals surface area contributed by atoms with E-state index < -0.39 is 0 Å². The van der Waals surface area contributed by atoms with Crippen molar-refractivity contribution in [3.63, 3.8) is 0 Å². The molecule has 0 aliphatic carbocycles. The van der Waals surface area contributed by atoms with Crippen molar-refractivity contribution < 1.29 is 18.9 Å². The number of aryl methyl sites for hydroxylation is 1. The van der Waals surface area contributed by atoms with Crippen molar-refractivity contribution in [1.82, 2.24) is 14.6 Å². The van der Waals surface area contributed by atoms with Crippen LogP contribution >= 0.6 is 11.3 Å². The van der Waals surface area contributed by atoms with Gasteiger partial charge in [-0.1, -0.05) is 47.2 Å². The molecular weight excluding hydrogens is 490 g/mol. The summed E-state index contributed by atoms with van der Waals surface area (Å²) in [5.74, 6) is 2.83. The molecule has 2 heterocycles. The van der Waals surface area contributed by atoms with Crippen LogP contribution in [0.5, 0.6) is 23.0 Å². The lowest BCUT2D eigenvalue weighted by Crippen LogP contribution is -2.23. The number of hydrogen-bond donors (Lipinski definition) is 0. The van der Waals surface area contributed by atoms with Crippen molar-refractivity contribution in [1.29, 1.82) is 0 Å². The Bertz CT molecular complexity index is 1680. The van der Waals surface area contributed by atoms with E-state index in [9.17, 15) is 4.79 Å². The van der Waals surface area contributed by atoms with E-state index in [-0.39, 0.29) is 5.56 Å². The molecule has 3 aromatic carbocycles. The van der Waals surface area contributed by atoms with E-state index in [0.717, 1.165) is 16.7 Å². The van der Waals surface area contributed by atoms with Crippen LogP contribution in [0.15, 0.2) is 65.5 Å². The smallest absolute Gasteiger partial charge is 0.291 e. The maximum Gasteiger partial charge on any atom is 0.291 e. The first-order valence-corrected chi connectivity index (χ1v) is 12.3. The lowest BCUT2D eigenvalue weighted by molar-refractivity contribution is 0.284. The van der Waals surface area contributed by atoms with E-state index in [1.165, 1.54) is 21.4 Å². The summed E-state index contributed by atoms with van der Waals surface area (Å²) < 4.78 is 24.0. The van der Waals surface area contributed by atoms with Crippen LogP contribution in [0.2, 0.25) is 0 Å². The van der Waals surface area contributed by atoms with Crippen LogP contribution in [0.25, 0.3) is 22.4 Å². The number of fused-ring (bicyclic) bond motifs is 1. The second-order valence-corrected chi connectivity index (χ2v) is 9.31. The third-order valence-electron chi connectivity index (χ3n) is 5.82. The molecule has 0 amide bonds. The fraction of sp³-hybridized carbons (Fsp3) is 0.179. The Kier molecular flexibility index (Phi) is 6.78. The number of aromatic nitrogens is 3. The van der Waals surface area contributed by atoms with Gasteiger partial charge in [0.2, 0.25) is 4.96 Å². The highest BCUT2D eigenvalue weighted by molar-refractivity contribution is 7.15. The van der Waals surface area contributed by atoms with Gasteiger partial charge in [-0.3, -0.25) is 4.79 Å². The van der Waals surface area contributed by atoms with Gasteiger partial charge in [0, 0.05) is 5.56 Å². The van der Waals surface area contributed by atoms with Crippen LogP contribution in [0.4, 0.5) is 0 Å². The predicted molar refractivity (Wildman–Crippen MR) is 143 cm³/mol. The Balaban J connectivity index is 1.41. The van der Waals surface area contributed by atoms with Crippen molar-refractivity contribution in [3.8, 4) is 34.4 Å². The van der Waals surface area contributed by atoms with Crippen LogP contribution in [-0.4, -0.2) is 35.9 Å². The fourth-order valence-electron chi connectivity index (χ4n) is 3.82. The third kappa shape index (κ3) is 4.99. The molecule has 0 saturated carbocycles. The zero-order chi connectivity index (χ0) is 25.9. The average molecular weight is 516 g/mol. The Morgan fingerprint density at radius 2 is 1.57 bits per heavy atom. The van der Waals surface area contributed by atoms with E-state index in [1.807, 2.05) is 36.4 Å². The Morgan fingerprint density at radius 3 is 2.27 bits per heavy atom. The van der Waals surface area contributed by atoms with Gasteiger partial charge in [0.25, 0.3) is 5.56 Å². The normalized spacial score (nSPS) is 11.6. The first-order valence-electron chi connectivity index (χ1n) is 11.5. The van der Waals surface area contributed by atoms with Crippen LogP contribution in [0, 0.1) is 6.92 Å². The average Bonchev–Trinajstić information content (AvgIpc) is 3.47. The van der Waals surface area contributed by atoms with Crippen LogP contribution in [0.3, 0.4) is 0 Å². The number of nitrogens with zero attached hydrogens (tertiary/aromatic N) is 3. The van der Waals surface area contributed by atoms with Gasteiger partial charge in [0.15, 0.2) is 28.8 Å². The SMILES string of the molecule is COc1ccc(-c2nc3s/c(=C/c4ccc(OCc5ccc(C)cc5)c(OC)c4)c(=O)n3n2)cc1OC. The zero-order valence-electron chi connectivity index (χ0n) is 20.8. The highest BCUT2D eigenvalue weighted by Gasteiger charge is 2.14. The van der Waals surface area contributed by atoms with Crippen molar-refractivity contribution in [2.45, 2.75) is 13.5 Å². The molecule has 0 fully saturated rings. The number of hydrogen-bond acceptors (Lipinski definition) is 8. The van der Waals surface area contributed by atoms with Gasteiger partial charge in [-0.25, -0.2) is 0 Å². The summed E-state index contributed by atoms with van der Waals surface area (Å²) >= 11 is 1.27. The lowest BCUT2D eigenvalue weighted by atomic mass is 10.1. The molecule has 0 N–H and O–H groups in total. The van der Waals surface area contributed by atoms with E-state index >= 15 is 0 Å². The highest BCUT2D eigenvalue weighted by atomic mass is 32.1. The molecular formula is C28H25N3O5S. The number of methoxy groups -OCH3 is 3. The summed E-state index contributed by atoms with van der Waals surface area (Å²) in [6, 6.07) is 19.1. The largest absolute Gasteiger partial charge is 0.493 e. The first-order chi connectivity index (χ1) is 18.0. The second-order valence-electron chi connectivity index (χ2n) is 8.30. The number of rotatable bonds is 8. The van der Waals surface area contributed by atoms with Gasteiger partial charge in [0.1, 0.15) is 6.61 Å². The van der Waals surface area contributed by atoms with Crippen LogP contribution in [0.1, 0.15) is 16.7 Å². The summed E-state index contributed by atoms with van der Waals surface area (Å²) in [4.78, 5) is 18.1. The van der Waals surface area contributed by atoms with Gasteiger partial charge in [-0.05, 0) is 54.5 Å². The van der Waals surface area contributed by atoms with Gasteiger partial charge in [-0.15, -0.1) is 5.10 Å². The maximum absolute atomic E-state index is 13.0. The molecule has 0 saturated heterocycles. The Hall–Kier alpha value is -4.37. The number of benzene rings is 3. The molecule has 188 valence electrons. The summed E-state index contributed by atoms with van der Waals surface area (Å²) in [6.45, 7) is 2.48. The van der Waals surface area contributed by atoms with Gasteiger partial charge >= 0.3 is 0 Å². The topological polar surface area (TPSA) is 84.2 Å². The van der Waals surface area contributed by atoms with Crippen LogP contribution in [-0.2, 0) is 6.61 Å². The predicted octanol–water partition coefficient (Wildman–Crippen LogP) is 4.28. The molecule has 5 aromatic rings. The van der Waals surface area contributed by atoms with E-state index in [0.29, 0.717) is 44.9 Å². The summed E-state index contributed by atoms with van der Waals surface area (Å²) in [5.41, 5.74) is 3.57. The molecule has 2 aromatic heterocycles. The summed E-state index contributed by atoms with van der Waals surface area (Å²) in [6.07, 6.45) is 1.80. The number of ether oxygens (including phenoxy) is 4. The second kappa shape index (κ2) is 10.3. The van der Waals surface area contributed by atoms with Gasteiger partial charge in [-0.2, -0.15) is 9.50 Å². The molecule has 37 heavy (non-hydrogen) atoms. The molecule has 0 spiro atoms. The van der Waals surface area contributed by atoms with Crippen molar-refractivity contribution in [2.24, 2.45) is 0 Å². The van der Waals surface area contributed by atoms with Crippen LogP contribution < -0.4 is 29.0 Å². The fourth-order valence-corrected chi connectivity index (χ4v) is 4.73. The summed E-state index contributed by atoms with van der Waals surface area (Å²) in [7, 11) is 4.73. The molecule has 0 aliphatic rings. The van der Waals surface area contributed by atoms with Gasteiger partial charge in [0.05, 0.1) is 25.9 Å². The standard InChI is InChI=1S/C28H25N3O5S/c1-17-5-7-18(8-6-17)16-36-22-11-9-19(13-23(22)34-3)14-25-27(32)31-28(37-25)29-26(30-31)20-10-12-21(33-2)24(15-20)35-4/h5-15H,16H2,1-4H3/b25-14+. The number of thiazole rings is 1. The molecule has 9 heteroatoms. The minimum atomic E-state index is -0.238. The molecule has 0 radical (unpaired) electrons. The quantitative estimate of drug-likeness (QED) is 0.305. The van der Waals surface area contributed by atoms with E-state index in [4.69, 9.17) is 18.9 Å².